The zero-order valence-electron chi connectivity index (χ0n) is 10.6. The molecule has 0 aromatic carbocycles. The summed E-state index contributed by atoms with van der Waals surface area (Å²) in [6, 6.07) is -0.490. The lowest BCUT2D eigenvalue weighted by Crippen LogP contribution is -2.60. The maximum Gasteiger partial charge on any atom is 0.340 e. The van der Waals surface area contributed by atoms with Crippen LogP contribution in [0.1, 0.15) is 6.92 Å². The zero-order valence-corrected chi connectivity index (χ0v) is 10.6. The molecule has 17 heavy (non-hydrogen) atoms. The SMILES string of the molecule is C=CCN(CC=C)C(C)C(O)(CN)C(=O)OC. The van der Waals surface area contributed by atoms with Crippen molar-refractivity contribution in [2.75, 3.05) is 26.7 Å². The Hall–Kier alpha value is -1.17. The zero-order chi connectivity index (χ0) is 13.5. The number of nitrogens with two attached hydrogens (primary N) is 1. The van der Waals surface area contributed by atoms with Crippen molar-refractivity contribution in [2.45, 2.75) is 18.6 Å². The molecular formula is C12H22N2O3. The van der Waals surface area contributed by atoms with Gasteiger partial charge in [-0.15, -0.1) is 13.2 Å². The van der Waals surface area contributed by atoms with Crippen LogP contribution in [-0.2, 0) is 9.53 Å². The number of carbonyl (C=O) groups is 1. The summed E-state index contributed by atoms with van der Waals surface area (Å²) in [5, 5.41) is 10.3. The van der Waals surface area contributed by atoms with Crippen molar-refractivity contribution < 1.29 is 14.6 Å². The van der Waals surface area contributed by atoms with Gasteiger partial charge in [0.1, 0.15) is 0 Å². The van der Waals surface area contributed by atoms with Gasteiger partial charge in [0.2, 0.25) is 0 Å². The summed E-state index contributed by atoms with van der Waals surface area (Å²) < 4.78 is 4.59. The summed E-state index contributed by atoms with van der Waals surface area (Å²) in [4.78, 5) is 13.4. The molecule has 0 saturated carbocycles. The molecule has 0 heterocycles. The Bertz CT molecular complexity index is 271. The standard InChI is InChI=1S/C12H22N2O3/c1-5-7-14(8-6-2)10(3)12(16,9-13)11(15)17-4/h5-6,10,16H,1-2,7-9,13H2,3-4H3. The highest BCUT2D eigenvalue weighted by Gasteiger charge is 2.43. The van der Waals surface area contributed by atoms with Crippen LogP contribution in [0.4, 0.5) is 0 Å². The molecule has 0 aromatic heterocycles. The van der Waals surface area contributed by atoms with Crippen LogP contribution in [-0.4, -0.2) is 54.4 Å². The molecule has 2 unspecified atom stereocenters. The van der Waals surface area contributed by atoms with Gasteiger partial charge in [0.25, 0.3) is 0 Å². The van der Waals surface area contributed by atoms with Crippen LogP contribution in [0.5, 0.6) is 0 Å². The third kappa shape index (κ3) is 3.66. The van der Waals surface area contributed by atoms with Gasteiger partial charge >= 0.3 is 5.97 Å². The number of aliphatic hydroxyl groups is 1. The van der Waals surface area contributed by atoms with Crippen molar-refractivity contribution in [3.05, 3.63) is 25.3 Å². The Kier molecular flexibility index (Phi) is 6.72. The Labute approximate surface area is 103 Å². The van der Waals surface area contributed by atoms with E-state index in [4.69, 9.17) is 5.73 Å². The molecule has 5 nitrogen and oxygen atoms in total. The van der Waals surface area contributed by atoms with E-state index in [1.165, 1.54) is 7.11 Å². The van der Waals surface area contributed by atoms with Gasteiger partial charge in [-0.25, -0.2) is 4.79 Å². The van der Waals surface area contributed by atoms with Crippen LogP contribution in [0, 0.1) is 0 Å². The van der Waals surface area contributed by atoms with Crippen molar-refractivity contribution in [1.82, 2.24) is 4.90 Å². The van der Waals surface area contributed by atoms with Crippen molar-refractivity contribution in [2.24, 2.45) is 5.73 Å². The molecule has 0 saturated heterocycles. The minimum atomic E-state index is -1.72. The molecule has 98 valence electrons. The lowest BCUT2D eigenvalue weighted by atomic mass is 9.94. The van der Waals surface area contributed by atoms with Gasteiger partial charge in [-0.3, -0.25) is 4.90 Å². The summed E-state index contributed by atoms with van der Waals surface area (Å²) in [5.74, 6) is -0.731. The molecule has 0 fully saturated rings. The number of ether oxygens (including phenoxy) is 1. The second kappa shape index (κ2) is 7.21. The van der Waals surface area contributed by atoms with E-state index in [0.717, 1.165) is 0 Å². The maximum atomic E-state index is 11.6. The monoisotopic (exact) mass is 242 g/mol. The molecule has 0 spiro atoms. The normalized spacial score (nSPS) is 16.1. The first-order chi connectivity index (χ1) is 7.97. The van der Waals surface area contributed by atoms with Crippen LogP contribution in [0.25, 0.3) is 0 Å². The second-order valence-electron chi connectivity index (χ2n) is 3.83. The number of esters is 1. The highest BCUT2D eigenvalue weighted by atomic mass is 16.5. The Morgan fingerprint density at radius 1 is 1.53 bits per heavy atom. The summed E-state index contributed by atoms with van der Waals surface area (Å²) in [7, 11) is 1.22. The minimum Gasteiger partial charge on any atom is -0.467 e. The fraction of sp³-hybridized carbons (Fsp3) is 0.583. The van der Waals surface area contributed by atoms with E-state index in [9.17, 15) is 9.90 Å². The van der Waals surface area contributed by atoms with Crippen LogP contribution >= 0.6 is 0 Å². The first kappa shape index (κ1) is 15.8. The fourth-order valence-electron chi connectivity index (χ4n) is 1.63. The van der Waals surface area contributed by atoms with Crippen LogP contribution in [0.3, 0.4) is 0 Å². The predicted molar refractivity (Wildman–Crippen MR) is 67.4 cm³/mol. The van der Waals surface area contributed by atoms with E-state index in [1.807, 2.05) is 4.90 Å². The summed E-state index contributed by atoms with van der Waals surface area (Å²) in [6.07, 6.45) is 3.38. The summed E-state index contributed by atoms with van der Waals surface area (Å²) in [6.45, 7) is 9.82. The van der Waals surface area contributed by atoms with Gasteiger partial charge in [-0.1, -0.05) is 12.2 Å². The van der Waals surface area contributed by atoms with Gasteiger partial charge in [0, 0.05) is 25.7 Å². The van der Waals surface area contributed by atoms with Gasteiger partial charge in [0.05, 0.1) is 7.11 Å². The predicted octanol–water partition coefficient (Wildman–Crippen LogP) is -0.0883. The van der Waals surface area contributed by atoms with Crippen molar-refractivity contribution in [3.63, 3.8) is 0 Å². The lowest BCUT2D eigenvalue weighted by Gasteiger charge is -2.37. The number of carbonyl (C=O) groups excluding carboxylic acids is 1. The number of hydrogen-bond acceptors (Lipinski definition) is 5. The largest absolute Gasteiger partial charge is 0.467 e. The van der Waals surface area contributed by atoms with Gasteiger partial charge < -0.3 is 15.6 Å². The number of hydrogen-bond donors (Lipinski definition) is 2. The molecular weight excluding hydrogens is 220 g/mol. The van der Waals surface area contributed by atoms with E-state index in [-0.39, 0.29) is 6.54 Å². The van der Waals surface area contributed by atoms with Crippen LogP contribution in [0.2, 0.25) is 0 Å². The molecule has 0 aliphatic carbocycles. The van der Waals surface area contributed by atoms with Crippen molar-refractivity contribution >= 4 is 5.97 Å². The molecule has 3 N–H and O–H groups in total. The molecule has 0 aliphatic heterocycles. The molecule has 0 radical (unpaired) electrons. The van der Waals surface area contributed by atoms with Crippen molar-refractivity contribution in [3.8, 4) is 0 Å². The van der Waals surface area contributed by atoms with E-state index >= 15 is 0 Å². The number of methoxy groups -OCH3 is 1. The average Bonchev–Trinajstić information content (AvgIpc) is 2.35. The summed E-state index contributed by atoms with van der Waals surface area (Å²) >= 11 is 0. The van der Waals surface area contributed by atoms with Crippen molar-refractivity contribution in [1.29, 1.82) is 0 Å². The molecule has 0 aliphatic rings. The minimum absolute atomic E-state index is 0.203. The van der Waals surface area contributed by atoms with Crippen LogP contribution in [0.15, 0.2) is 25.3 Å². The van der Waals surface area contributed by atoms with E-state index in [1.54, 1.807) is 19.1 Å². The molecule has 0 amide bonds. The highest BCUT2D eigenvalue weighted by Crippen LogP contribution is 2.17. The molecule has 2 atom stereocenters. The van der Waals surface area contributed by atoms with Crippen LogP contribution < -0.4 is 5.73 Å². The Morgan fingerprint density at radius 3 is 2.29 bits per heavy atom. The fourth-order valence-corrected chi connectivity index (χ4v) is 1.63. The van der Waals surface area contributed by atoms with E-state index in [2.05, 4.69) is 17.9 Å². The van der Waals surface area contributed by atoms with Gasteiger partial charge in [-0.05, 0) is 6.92 Å². The molecule has 0 rings (SSSR count). The first-order valence-corrected chi connectivity index (χ1v) is 5.44. The topological polar surface area (TPSA) is 75.8 Å². The lowest BCUT2D eigenvalue weighted by molar-refractivity contribution is -0.167. The van der Waals surface area contributed by atoms with E-state index < -0.39 is 17.6 Å². The number of rotatable bonds is 8. The Morgan fingerprint density at radius 2 is 2.00 bits per heavy atom. The smallest absolute Gasteiger partial charge is 0.340 e. The molecule has 0 bridgehead atoms. The quantitative estimate of drug-likeness (QED) is 0.459. The van der Waals surface area contributed by atoms with Gasteiger partial charge in [-0.2, -0.15) is 0 Å². The van der Waals surface area contributed by atoms with E-state index in [0.29, 0.717) is 13.1 Å². The second-order valence-corrected chi connectivity index (χ2v) is 3.83. The molecule has 5 heteroatoms. The first-order valence-electron chi connectivity index (χ1n) is 5.44. The summed E-state index contributed by atoms with van der Waals surface area (Å²) in [5.41, 5.74) is 3.76. The highest BCUT2D eigenvalue weighted by molar-refractivity contribution is 5.80. The average molecular weight is 242 g/mol. The third-order valence-electron chi connectivity index (χ3n) is 2.82. The Balaban J connectivity index is 5.02. The third-order valence-corrected chi connectivity index (χ3v) is 2.82. The number of nitrogens with zero attached hydrogens (tertiary/aromatic N) is 1. The molecule has 0 aromatic rings. The van der Waals surface area contributed by atoms with Gasteiger partial charge in [0.15, 0.2) is 5.60 Å². The maximum absolute atomic E-state index is 11.6.